The van der Waals surface area contributed by atoms with E-state index >= 15 is 0 Å². The molecule has 46 heavy (non-hydrogen) atoms. The summed E-state index contributed by atoms with van der Waals surface area (Å²) in [5.74, 6) is 0.562. The van der Waals surface area contributed by atoms with Crippen molar-refractivity contribution in [1.29, 1.82) is 0 Å². The Morgan fingerprint density at radius 3 is 2.22 bits per heavy atom. The minimum Gasteiger partial charge on any atom is -0.494 e. The van der Waals surface area contributed by atoms with Gasteiger partial charge in [-0.05, 0) is 61.5 Å². The molecule has 4 rings (SSSR count). The highest BCUT2D eigenvalue weighted by molar-refractivity contribution is 7.99. The fourth-order valence-corrected chi connectivity index (χ4v) is 5.15. The van der Waals surface area contributed by atoms with Gasteiger partial charge in [-0.25, -0.2) is 0 Å². The molecule has 0 fully saturated rings. The smallest absolute Gasteiger partial charge is 0.416 e. The molecule has 0 saturated carbocycles. The molecule has 0 aliphatic rings. The van der Waals surface area contributed by atoms with Gasteiger partial charge in [0.1, 0.15) is 5.75 Å². The summed E-state index contributed by atoms with van der Waals surface area (Å²) in [4.78, 5) is 25.9. The van der Waals surface area contributed by atoms with Crippen LogP contribution in [0.3, 0.4) is 0 Å². The lowest BCUT2D eigenvalue weighted by Gasteiger charge is -2.15. The van der Waals surface area contributed by atoms with Crippen LogP contribution in [0.4, 0.5) is 18.9 Å². The fraction of sp³-hybridized carbons (Fsp3) is 0.267. The quantitative estimate of drug-likeness (QED) is 0.163. The lowest BCUT2D eigenvalue weighted by Crippen LogP contribution is -2.25. The lowest BCUT2D eigenvalue weighted by atomic mass is 10.1. The number of halogens is 4. The Morgan fingerprint density at radius 2 is 1.63 bits per heavy atom. The van der Waals surface area contributed by atoms with E-state index in [0.29, 0.717) is 41.1 Å². The zero-order valence-electron chi connectivity index (χ0n) is 25.0. The summed E-state index contributed by atoms with van der Waals surface area (Å²) in [5.41, 5.74) is -0.283. The molecule has 0 radical (unpaired) electrons. The van der Waals surface area contributed by atoms with E-state index in [1.807, 2.05) is 6.92 Å². The summed E-state index contributed by atoms with van der Waals surface area (Å²) < 4.78 is 62.6. The van der Waals surface area contributed by atoms with Gasteiger partial charge in [0.15, 0.2) is 22.5 Å². The molecule has 0 atom stereocenters. The van der Waals surface area contributed by atoms with Crippen molar-refractivity contribution in [3.05, 3.63) is 76.6 Å². The zero-order valence-corrected chi connectivity index (χ0v) is 26.6. The number of amides is 2. The molecule has 244 valence electrons. The highest BCUT2D eigenvalue weighted by Gasteiger charge is 2.31. The van der Waals surface area contributed by atoms with Crippen molar-refractivity contribution in [2.45, 2.75) is 24.8 Å². The van der Waals surface area contributed by atoms with Crippen LogP contribution in [0.15, 0.2) is 59.8 Å². The molecular weight excluding hydrogens is 651 g/mol. The number of rotatable bonds is 13. The molecule has 3 aromatic carbocycles. The van der Waals surface area contributed by atoms with E-state index in [4.69, 9.17) is 30.5 Å². The first-order chi connectivity index (χ1) is 22.0. The minimum atomic E-state index is -4.61. The topological polar surface area (TPSA) is 126 Å². The minimum absolute atomic E-state index is 0.0472. The Kier molecular flexibility index (Phi) is 11.2. The molecule has 0 aliphatic heterocycles. The first-order valence-electron chi connectivity index (χ1n) is 13.5. The van der Waals surface area contributed by atoms with Crippen LogP contribution in [0.1, 0.15) is 28.7 Å². The van der Waals surface area contributed by atoms with Crippen LogP contribution in [0.25, 0.3) is 5.69 Å². The number of anilines is 1. The molecule has 0 saturated heterocycles. The Hall–Kier alpha value is -4.63. The second kappa shape index (κ2) is 15.1. The number of thioether (sulfide) groups is 1. The van der Waals surface area contributed by atoms with Gasteiger partial charge in [0.2, 0.25) is 11.7 Å². The number of carbonyl (C=O) groups is 2. The van der Waals surface area contributed by atoms with Crippen LogP contribution in [0, 0.1) is 0 Å². The summed E-state index contributed by atoms with van der Waals surface area (Å²) in [6.45, 7) is 2.26. The number of carbonyl (C=O) groups excluding carboxylic acids is 2. The van der Waals surface area contributed by atoms with E-state index in [1.54, 1.807) is 28.8 Å². The highest BCUT2D eigenvalue weighted by atomic mass is 35.5. The maximum Gasteiger partial charge on any atom is 0.416 e. The van der Waals surface area contributed by atoms with Gasteiger partial charge in [-0.2, -0.15) is 13.2 Å². The predicted octanol–water partition coefficient (Wildman–Crippen LogP) is 6.02. The summed E-state index contributed by atoms with van der Waals surface area (Å²) in [6.07, 6.45) is -4.61. The van der Waals surface area contributed by atoms with Gasteiger partial charge in [0, 0.05) is 11.3 Å². The average molecular weight is 680 g/mol. The molecule has 0 spiro atoms. The van der Waals surface area contributed by atoms with Crippen LogP contribution in [-0.2, 0) is 17.5 Å². The van der Waals surface area contributed by atoms with Gasteiger partial charge in [0.25, 0.3) is 5.91 Å². The van der Waals surface area contributed by atoms with Gasteiger partial charge in [-0.3, -0.25) is 14.2 Å². The molecule has 2 N–H and O–H groups in total. The molecular formula is C30H29ClF3N5O6S. The molecule has 2 amide bonds. The van der Waals surface area contributed by atoms with E-state index < -0.39 is 23.6 Å². The average Bonchev–Trinajstić information content (AvgIpc) is 3.45. The highest BCUT2D eigenvalue weighted by Crippen LogP contribution is 2.38. The molecule has 1 aromatic heterocycles. The number of hydrogen-bond donors (Lipinski definition) is 2. The SMILES string of the molecule is CCOc1ccc(-n2c(CNC(=O)c3cc(OC)c(OC)c(OC)c3)nnc2SCC(=O)Nc2cc(C(F)(F)F)ccc2Cl)cc1. The van der Waals surface area contributed by atoms with Crippen molar-refractivity contribution < 1.29 is 41.7 Å². The van der Waals surface area contributed by atoms with Crippen molar-refractivity contribution in [1.82, 2.24) is 20.1 Å². The molecule has 16 heteroatoms. The lowest BCUT2D eigenvalue weighted by molar-refractivity contribution is -0.137. The van der Waals surface area contributed by atoms with Crippen molar-refractivity contribution in [2.75, 3.05) is 39.0 Å². The van der Waals surface area contributed by atoms with Crippen molar-refractivity contribution >= 4 is 40.9 Å². The standard InChI is InChI=1S/C30H29ClF3N5O6S/c1-5-45-20-9-7-19(8-10-20)39-25(15-35-28(41)17-12-23(42-2)27(44-4)24(13-17)43-3)37-38-29(39)46-16-26(40)36-22-14-18(30(32,33)34)6-11-21(22)31/h6-14H,5,15-16H2,1-4H3,(H,35,41)(H,36,40). The number of hydrogen-bond acceptors (Lipinski definition) is 9. The van der Waals surface area contributed by atoms with Crippen molar-refractivity contribution in [3.63, 3.8) is 0 Å². The molecule has 4 aromatic rings. The molecule has 1 heterocycles. The number of nitrogens with zero attached hydrogens (tertiary/aromatic N) is 3. The molecule has 0 unspecified atom stereocenters. The van der Waals surface area contributed by atoms with E-state index in [9.17, 15) is 22.8 Å². The summed E-state index contributed by atoms with van der Waals surface area (Å²) >= 11 is 7.01. The third-order valence-corrected chi connectivity index (χ3v) is 7.60. The second-order valence-electron chi connectivity index (χ2n) is 9.29. The number of benzene rings is 3. The Balaban J connectivity index is 1.56. The monoisotopic (exact) mass is 679 g/mol. The van der Waals surface area contributed by atoms with E-state index in [2.05, 4.69) is 20.8 Å². The molecule has 0 bridgehead atoms. The van der Waals surface area contributed by atoms with Gasteiger partial charge in [-0.15, -0.1) is 10.2 Å². The first kappa shape index (κ1) is 34.2. The number of methoxy groups -OCH3 is 3. The number of alkyl halides is 3. The van der Waals surface area contributed by atoms with E-state index in [1.165, 1.54) is 33.5 Å². The maximum absolute atomic E-state index is 13.2. The largest absolute Gasteiger partial charge is 0.494 e. The fourth-order valence-electron chi connectivity index (χ4n) is 4.21. The number of nitrogens with one attached hydrogen (secondary N) is 2. The van der Waals surface area contributed by atoms with Gasteiger partial charge in [0.05, 0.1) is 56.5 Å². The number of aromatic nitrogens is 3. The third-order valence-electron chi connectivity index (χ3n) is 6.34. The van der Waals surface area contributed by atoms with Crippen LogP contribution < -0.4 is 29.6 Å². The van der Waals surface area contributed by atoms with Crippen LogP contribution in [-0.4, -0.2) is 60.3 Å². The second-order valence-corrected chi connectivity index (χ2v) is 10.6. The summed E-state index contributed by atoms with van der Waals surface area (Å²) in [5, 5.41) is 13.9. The Morgan fingerprint density at radius 1 is 0.957 bits per heavy atom. The van der Waals surface area contributed by atoms with Crippen LogP contribution in [0.5, 0.6) is 23.0 Å². The number of ether oxygens (including phenoxy) is 4. The van der Waals surface area contributed by atoms with Crippen LogP contribution in [0.2, 0.25) is 5.02 Å². The Labute approximate surface area is 271 Å². The summed E-state index contributed by atoms with van der Waals surface area (Å²) in [6, 6.07) is 12.7. The van der Waals surface area contributed by atoms with Gasteiger partial charge >= 0.3 is 6.18 Å². The molecule has 0 aliphatic carbocycles. The molecule has 11 nitrogen and oxygen atoms in total. The van der Waals surface area contributed by atoms with Crippen molar-refractivity contribution in [2.24, 2.45) is 0 Å². The van der Waals surface area contributed by atoms with Gasteiger partial charge < -0.3 is 29.6 Å². The Bertz CT molecular complexity index is 1680. The maximum atomic E-state index is 13.2. The third kappa shape index (κ3) is 8.14. The predicted molar refractivity (Wildman–Crippen MR) is 166 cm³/mol. The van der Waals surface area contributed by atoms with Crippen molar-refractivity contribution in [3.8, 4) is 28.7 Å². The van der Waals surface area contributed by atoms with E-state index in [0.717, 1.165) is 30.0 Å². The van der Waals surface area contributed by atoms with Gasteiger partial charge in [-0.1, -0.05) is 23.4 Å². The van der Waals surface area contributed by atoms with E-state index in [-0.39, 0.29) is 33.7 Å². The zero-order chi connectivity index (χ0) is 33.4. The summed E-state index contributed by atoms with van der Waals surface area (Å²) in [7, 11) is 4.32. The normalized spacial score (nSPS) is 11.1. The first-order valence-corrected chi connectivity index (χ1v) is 14.9. The van der Waals surface area contributed by atoms with Crippen LogP contribution >= 0.6 is 23.4 Å².